The van der Waals surface area contributed by atoms with Gasteiger partial charge < -0.3 is 15.4 Å². The van der Waals surface area contributed by atoms with Crippen LogP contribution in [0.5, 0.6) is 5.75 Å². The van der Waals surface area contributed by atoms with Crippen LogP contribution in [-0.4, -0.2) is 40.3 Å². The highest BCUT2D eigenvalue weighted by atomic mass is 16.5. The van der Waals surface area contributed by atoms with E-state index in [1.54, 1.807) is 29.3 Å². The lowest BCUT2D eigenvalue weighted by molar-refractivity contribution is 0.0728. The number of aromatic nitrogens is 2. The number of para-hydroxylation sites is 1. The molecule has 1 aromatic carbocycles. The highest BCUT2D eigenvalue weighted by Gasteiger charge is 2.25. The zero-order valence-electron chi connectivity index (χ0n) is 12.7. The van der Waals surface area contributed by atoms with Crippen LogP contribution in [0, 0.1) is 0 Å². The zero-order chi connectivity index (χ0) is 16.4. The van der Waals surface area contributed by atoms with Gasteiger partial charge in [0.2, 0.25) is 5.82 Å². The number of carbonyl (C=O) groups is 2. The van der Waals surface area contributed by atoms with Crippen molar-refractivity contribution in [3.8, 4) is 5.75 Å². The molecule has 2 amide bonds. The summed E-state index contributed by atoms with van der Waals surface area (Å²) >= 11 is 0. The van der Waals surface area contributed by atoms with Crippen molar-refractivity contribution in [3.05, 3.63) is 53.1 Å². The fourth-order valence-corrected chi connectivity index (χ4v) is 2.59. The largest absolute Gasteiger partial charge is 0.496 e. The minimum Gasteiger partial charge on any atom is -0.496 e. The van der Waals surface area contributed by atoms with Crippen molar-refractivity contribution in [1.29, 1.82) is 0 Å². The number of methoxy groups -OCH3 is 1. The Morgan fingerprint density at radius 1 is 1.30 bits per heavy atom. The molecule has 7 heteroatoms. The number of nitrogens with two attached hydrogens (primary N) is 1. The third-order valence-corrected chi connectivity index (χ3v) is 3.79. The van der Waals surface area contributed by atoms with E-state index in [1.807, 2.05) is 6.07 Å². The first-order chi connectivity index (χ1) is 11.1. The number of benzene rings is 1. The van der Waals surface area contributed by atoms with Gasteiger partial charge in [0, 0.05) is 12.7 Å². The standard InChI is InChI=1S/C16H16N4O3/c1-23-13-5-3-2-4-11(13)16(22)20-7-6-10-8-18-15(14(17)21)19-12(10)9-20/h2-5,8H,6-7,9H2,1H3,(H2,17,21). The molecule has 118 valence electrons. The van der Waals surface area contributed by atoms with Gasteiger partial charge in [-0.25, -0.2) is 9.97 Å². The Labute approximate surface area is 133 Å². The molecule has 2 aromatic rings. The summed E-state index contributed by atoms with van der Waals surface area (Å²) in [6.07, 6.45) is 2.24. The molecule has 1 aliphatic heterocycles. The predicted molar refractivity (Wildman–Crippen MR) is 82.0 cm³/mol. The summed E-state index contributed by atoms with van der Waals surface area (Å²) < 4.78 is 5.24. The van der Waals surface area contributed by atoms with Gasteiger partial charge in [-0.2, -0.15) is 0 Å². The van der Waals surface area contributed by atoms with E-state index >= 15 is 0 Å². The molecule has 3 rings (SSSR count). The molecule has 0 atom stereocenters. The number of rotatable bonds is 3. The number of amides is 2. The average molecular weight is 312 g/mol. The molecule has 0 spiro atoms. The molecule has 2 N–H and O–H groups in total. The molecule has 0 saturated heterocycles. The number of ether oxygens (including phenoxy) is 1. The van der Waals surface area contributed by atoms with Crippen molar-refractivity contribution in [3.63, 3.8) is 0 Å². The lowest BCUT2D eigenvalue weighted by Crippen LogP contribution is -2.37. The SMILES string of the molecule is COc1ccccc1C(=O)N1CCc2cnc(C(N)=O)nc2C1. The van der Waals surface area contributed by atoms with Crippen molar-refractivity contribution >= 4 is 11.8 Å². The Kier molecular flexibility index (Phi) is 3.92. The maximum absolute atomic E-state index is 12.7. The highest BCUT2D eigenvalue weighted by molar-refractivity contribution is 5.97. The Hall–Kier alpha value is -2.96. The third kappa shape index (κ3) is 2.85. The second-order valence-electron chi connectivity index (χ2n) is 5.21. The molecule has 0 saturated carbocycles. The van der Waals surface area contributed by atoms with Crippen molar-refractivity contribution in [2.24, 2.45) is 5.73 Å². The number of primary amides is 1. The Morgan fingerprint density at radius 3 is 2.83 bits per heavy atom. The van der Waals surface area contributed by atoms with Gasteiger partial charge >= 0.3 is 0 Å². The van der Waals surface area contributed by atoms with Crippen LogP contribution in [0.25, 0.3) is 0 Å². The minimum atomic E-state index is -0.680. The van der Waals surface area contributed by atoms with Crippen molar-refractivity contribution in [2.45, 2.75) is 13.0 Å². The van der Waals surface area contributed by atoms with Gasteiger partial charge in [0.1, 0.15) is 5.75 Å². The van der Waals surface area contributed by atoms with Crippen molar-refractivity contribution in [2.75, 3.05) is 13.7 Å². The first-order valence-corrected chi connectivity index (χ1v) is 7.17. The van der Waals surface area contributed by atoms with Gasteiger partial charge in [0.05, 0.1) is 24.9 Å². The van der Waals surface area contributed by atoms with E-state index in [1.165, 1.54) is 7.11 Å². The van der Waals surface area contributed by atoms with E-state index in [-0.39, 0.29) is 11.7 Å². The minimum absolute atomic E-state index is 0.0321. The van der Waals surface area contributed by atoms with Gasteiger partial charge in [0.25, 0.3) is 11.8 Å². The van der Waals surface area contributed by atoms with E-state index in [0.29, 0.717) is 36.5 Å². The van der Waals surface area contributed by atoms with Crippen LogP contribution >= 0.6 is 0 Å². The van der Waals surface area contributed by atoms with Crippen molar-refractivity contribution in [1.82, 2.24) is 14.9 Å². The Morgan fingerprint density at radius 2 is 2.09 bits per heavy atom. The molecular weight excluding hydrogens is 296 g/mol. The zero-order valence-corrected chi connectivity index (χ0v) is 12.7. The smallest absolute Gasteiger partial charge is 0.286 e. The number of hydrogen-bond donors (Lipinski definition) is 1. The van der Waals surface area contributed by atoms with E-state index in [0.717, 1.165) is 5.56 Å². The van der Waals surface area contributed by atoms with Gasteiger partial charge in [-0.15, -0.1) is 0 Å². The number of fused-ring (bicyclic) bond motifs is 1. The summed E-state index contributed by atoms with van der Waals surface area (Å²) in [7, 11) is 1.53. The van der Waals surface area contributed by atoms with Crippen LogP contribution in [0.15, 0.2) is 30.5 Å². The normalized spacial score (nSPS) is 13.3. The fourth-order valence-electron chi connectivity index (χ4n) is 2.59. The number of carbonyl (C=O) groups excluding carboxylic acids is 2. The average Bonchev–Trinajstić information content (AvgIpc) is 2.60. The van der Waals surface area contributed by atoms with Crippen LogP contribution < -0.4 is 10.5 Å². The first-order valence-electron chi connectivity index (χ1n) is 7.17. The quantitative estimate of drug-likeness (QED) is 0.903. The van der Waals surface area contributed by atoms with Crippen molar-refractivity contribution < 1.29 is 14.3 Å². The lowest BCUT2D eigenvalue weighted by Gasteiger charge is -2.28. The van der Waals surface area contributed by atoms with Crippen LogP contribution in [0.1, 0.15) is 32.2 Å². The van der Waals surface area contributed by atoms with E-state index < -0.39 is 5.91 Å². The molecule has 0 unspecified atom stereocenters. The lowest BCUT2D eigenvalue weighted by atomic mass is 10.1. The number of nitrogens with zero attached hydrogens (tertiary/aromatic N) is 3. The molecule has 7 nitrogen and oxygen atoms in total. The first kappa shape index (κ1) is 15.0. The molecule has 0 radical (unpaired) electrons. The summed E-state index contributed by atoms with van der Waals surface area (Å²) in [4.78, 5) is 33.7. The molecular formula is C16H16N4O3. The Bertz CT molecular complexity index is 776. The predicted octanol–water partition coefficient (Wildman–Crippen LogP) is 0.783. The van der Waals surface area contributed by atoms with Crippen LogP contribution in [0.3, 0.4) is 0 Å². The Balaban J connectivity index is 1.87. The second-order valence-corrected chi connectivity index (χ2v) is 5.21. The fraction of sp³-hybridized carbons (Fsp3) is 0.250. The maximum Gasteiger partial charge on any atom is 0.286 e. The van der Waals surface area contributed by atoms with E-state index in [9.17, 15) is 9.59 Å². The van der Waals surface area contributed by atoms with Gasteiger partial charge in [0.15, 0.2) is 0 Å². The summed E-state index contributed by atoms with van der Waals surface area (Å²) in [5.41, 5.74) is 7.30. The van der Waals surface area contributed by atoms with Gasteiger partial charge in [-0.1, -0.05) is 12.1 Å². The van der Waals surface area contributed by atoms with Gasteiger partial charge in [-0.05, 0) is 24.1 Å². The van der Waals surface area contributed by atoms with E-state index in [4.69, 9.17) is 10.5 Å². The second kappa shape index (κ2) is 6.04. The molecule has 1 aromatic heterocycles. The molecule has 1 aliphatic rings. The summed E-state index contributed by atoms with van der Waals surface area (Å²) in [6, 6.07) is 7.08. The molecule has 23 heavy (non-hydrogen) atoms. The van der Waals surface area contributed by atoms with Crippen LogP contribution in [-0.2, 0) is 13.0 Å². The topological polar surface area (TPSA) is 98.4 Å². The molecule has 0 bridgehead atoms. The third-order valence-electron chi connectivity index (χ3n) is 3.79. The summed E-state index contributed by atoms with van der Waals surface area (Å²) in [6.45, 7) is 0.873. The van der Waals surface area contributed by atoms with Gasteiger partial charge in [-0.3, -0.25) is 9.59 Å². The maximum atomic E-state index is 12.7. The van der Waals surface area contributed by atoms with E-state index in [2.05, 4.69) is 9.97 Å². The van der Waals surface area contributed by atoms with Crippen LogP contribution in [0.2, 0.25) is 0 Å². The highest BCUT2D eigenvalue weighted by Crippen LogP contribution is 2.23. The molecule has 2 heterocycles. The monoisotopic (exact) mass is 312 g/mol. The summed E-state index contributed by atoms with van der Waals surface area (Å²) in [5.74, 6) is -0.313. The molecule has 0 fully saturated rings. The van der Waals surface area contributed by atoms with Crippen LogP contribution in [0.4, 0.5) is 0 Å². The molecule has 0 aliphatic carbocycles. The number of hydrogen-bond acceptors (Lipinski definition) is 5. The summed E-state index contributed by atoms with van der Waals surface area (Å²) in [5, 5.41) is 0.